The first kappa shape index (κ1) is 13.3. The smallest absolute Gasteiger partial charge is 0.123 e. The highest BCUT2D eigenvalue weighted by Gasteiger charge is 2.40. The Morgan fingerprint density at radius 2 is 1.95 bits per heavy atom. The van der Waals surface area contributed by atoms with Crippen LogP contribution < -0.4 is 10.1 Å². The highest BCUT2D eigenvalue weighted by Crippen LogP contribution is 2.44. The zero-order valence-electron chi connectivity index (χ0n) is 11.5. The molecule has 2 saturated carbocycles. The quantitative estimate of drug-likeness (QED) is 0.767. The van der Waals surface area contributed by atoms with E-state index in [4.69, 9.17) is 16.3 Å². The van der Waals surface area contributed by atoms with Gasteiger partial charge in [-0.2, -0.15) is 0 Å². The standard InChI is InChI=1S/C16H22ClNO/c1-11-2-7-14(17)10-15(11)19-9-8-18-16(12-3-4-12)13-5-6-13/h2,7,10,12-13,16,18H,3-6,8-9H2,1H3. The summed E-state index contributed by atoms with van der Waals surface area (Å²) in [5.41, 5.74) is 1.14. The van der Waals surface area contributed by atoms with Crippen LogP contribution in [0.25, 0.3) is 0 Å². The number of nitrogens with one attached hydrogen (secondary N) is 1. The van der Waals surface area contributed by atoms with E-state index in [9.17, 15) is 0 Å². The van der Waals surface area contributed by atoms with Crippen molar-refractivity contribution in [2.75, 3.05) is 13.2 Å². The van der Waals surface area contributed by atoms with Crippen LogP contribution in [-0.4, -0.2) is 19.2 Å². The summed E-state index contributed by atoms with van der Waals surface area (Å²) in [6, 6.07) is 6.56. The molecule has 19 heavy (non-hydrogen) atoms. The van der Waals surface area contributed by atoms with Gasteiger partial charge in [0.25, 0.3) is 0 Å². The van der Waals surface area contributed by atoms with E-state index in [-0.39, 0.29) is 0 Å². The van der Waals surface area contributed by atoms with E-state index in [2.05, 4.69) is 12.2 Å². The summed E-state index contributed by atoms with van der Waals surface area (Å²) < 4.78 is 5.82. The van der Waals surface area contributed by atoms with Crippen molar-refractivity contribution in [3.05, 3.63) is 28.8 Å². The van der Waals surface area contributed by atoms with E-state index in [0.717, 1.165) is 47.4 Å². The molecule has 0 amide bonds. The molecule has 0 radical (unpaired) electrons. The number of rotatable bonds is 7. The third-order valence-corrected chi connectivity index (χ3v) is 4.38. The van der Waals surface area contributed by atoms with Crippen molar-refractivity contribution in [1.82, 2.24) is 5.32 Å². The van der Waals surface area contributed by atoms with Gasteiger partial charge in [-0.15, -0.1) is 0 Å². The van der Waals surface area contributed by atoms with Gasteiger partial charge in [0, 0.05) is 17.6 Å². The second-order valence-electron chi connectivity index (χ2n) is 5.91. The zero-order valence-corrected chi connectivity index (χ0v) is 12.2. The van der Waals surface area contributed by atoms with Crippen LogP contribution in [-0.2, 0) is 0 Å². The predicted molar refractivity (Wildman–Crippen MR) is 78.9 cm³/mol. The Morgan fingerprint density at radius 3 is 2.58 bits per heavy atom. The van der Waals surface area contributed by atoms with Gasteiger partial charge in [-0.1, -0.05) is 17.7 Å². The molecule has 0 heterocycles. The number of hydrogen-bond donors (Lipinski definition) is 1. The van der Waals surface area contributed by atoms with Crippen molar-refractivity contribution in [2.45, 2.75) is 38.6 Å². The summed E-state index contributed by atoms with van der Waals surface area (Å²) in [6.07, 6.45) is 5.68. The maximum absolute atomic E-state index is 5.98. The molecular weight excluding hydrogens is 258 g/mol. The van der Waals surface area contributed by atoms with E-state index >= 15 is 0 Å². The third-order valence-electron chi connectivity index (χ3n) is 4.15. The predicted octanol–water partition coefficient (Wildman–Crippen LogP) is 3.81. The molecule has 1 N–H and O–H groups in total. The fourth-order valence-electron chi connectivity index (χ4n) is 2.74. The number of ether oxygens (including phenoxy) is 1. The highest BCUT2D eigenvalue weighted by molar-refractivity contribution is 6.30. The van der Waals surface area contributed by atoms with Gasteiger partial charge in [0.2, 0.25) is 0 Å². The lowest BCUT2D eigenvalue weighted by molar-refractivity contribution is 0.292. The summed E-state index contributed by atoms with van der Waals surface area (Å²) in [4.78, 5) is 0. The van der Waals surface area contributed by atoms with Crippen LogP contribution in [0.5, 0.6) is 5.75 Å². The molecule has 0 aliphatic heterocycles. The monoisotopic (exact) mass is 279 g/mol. The molecule has 2 nitrogen and oxygen atoms in total. The first-order valence-electron chi connectivity index (χ1n) is 7.36. The van der Waals surface area contributed by atoms with Gasteiger partial charge in [-0.05, 0) is 62.1 Å². The molecule has 0 atom stereocenters. The van der Waals surface area contributed by atoms with Crippen LogP contribution in [0, 0.1) is 18.8 Å². The third kappa shape index (κ3) is 3.64. The number of hydrogen-bond acceptors (Lipinski definition) is 2. The minimum absolute atomic E-state index is 0.719. The summed E-state index contributed by atoms with van der Waals surface area (Å²) in [7, 11) is 0. The Hall–Kier alpha value is -0.730. The van der Waals surface area contributed by atoms with Crippen molar-refractivity contribution in [1.29, 1.82) is 0 Å². The first-order chi connectivity index (χ1) is 9.24. The van der Waals surface area contributed by atoms with Gasteiger partial charge in [-0.3, -0.25) is 0 Å². The normalized spacial score (nSPS) is 18.9. The fourth-order valence-corrected chi connectivity index (χ4v) is 2.91. The summed E-state index contributed by atoms with van der Waals surface area (Å²) >= 11 is 5.98. The molecule has 0 saturated heterocycles. The molecule has 3 rings (SSSR count). The summed E-state index contributed by atoms with van der Waals surface area (Å²) in [5, 5.41) is 4.43. The highest BCUT2D eigenvalue weighted by atomic mass is 35.5. The van der Waals surface area contributed by atoms with Gasteiger partial charge >= 0.3 is 0 Å². The van der Waals surface area contributed by atoms with Crippen molar-refractivity contribution in [3.8, 4) is 5.75 Å². The van der Waals surface area contributed by atoms with Crippen LogP contribution in [0.1, 0.15) is 31.2 Å². The Labute approximate surface area is 120 Å². The molecular formula is C16H22ClNO. The van der Waals surface area contributed by atoms with Crippen molar-refractivity contribution >= 4 is 11.6 Å². The molecule has 2 aliphatic carbocycles. The summed E-state index contributed by atoms with van der Waals surface area (Å²) in [6.45, 7) is 3.71. The van der Waals surface area contributed by atoms with Gasteiger partial charge in [0.1, 0.15) is 12.4 Å². The van der Waals surface area contributed by atoms with Crippen molar-refractivity contribution < 1.29 is 4.74 Å². The van der Waals surface area contributed by atoms with E-state index < -0.39 is 0 Å². The van der Waals surface area contributed by atoms with Gasteiger partial charge in [0.05, 0.1) is 0 Å². The first-order valence-corrected chi connectivity index (χ1v) is 7.74. The van der Waals surface area contributed by atoms with Crippen LogP contribution >= 0.6 is 11.6 Å². The molecule has 1 aromatic rings. The molecule has 3 heteroatoms. The van der Waals surface area contributed by atoms with Crippen LogP contribution in [0.2, 0.25) is 5.02 Å². The second-order valence-corrected chi connectivity index (χ2v) is 6.35. The average Bonchev–Trinajstić information content (AvgIpc) is 3.26. The second kappa shape index (κ2) is 5.72. The molecule has 0 bridgehead atoms. The molecule has 2 aliphatic rings. The largest absolute Gasteiger partial charge is 0.492 e. The van der Waals surface area contributed by atoms with E-state index in [0.29, 0.717) is 0 Å². The van der Waals surface area contributed by atoms with E-state index in [1.54, 1.807) is 0 Å². The van der Waals surface area contributed by atoms with E-state index in [1.807, 2.05) is 18.2 Å². The van der Waals surface area contributed by atoms with Gasteiger partial charge in [0.15, 0.2) is 0 Å². The molecule has 104 valence electrons. The topological polar surface area (TPSA) is 21.3 Å². The lowest BCUT2D eigenvalue weighted by atomic mass is 10.1. The maximum Gasteiger partial charge on any atom is 0.123 e. The maximum atomic E-state index is 5.98. The Morgan fingerprint density at radius 1 is 1.26 bits per heavy atom. The molecule has 2 fully saturated rings. The van der Waals surface area contributed by atoms with Crippen LogP contribution in [0.15, 0.2) is 18.2 Å². The number of aryl methyl sites for hydroxylation is 1. The number of halogens is 1. The van der Waals surface area contributed by atoms with Crippen LogP contribution in [0.3, 0.4) is 0 Å². The Bertz CT molecular complexity index is 428. The Balaban J connectivity index is 1.43. The number of benzene rings is 1. The molecule has 0 spiro atoms. The Kier molecular flexibility index (Phi) is 3.99. The lowest BCUT2D eigenvalue weighted by Crippen LogP contribution is -2.36. The van der Waals surface area contributed by atoms with Crippen molar-refractivity contribution in [3.63, 3.8) is 0 Å². The lowest BCUT2D eigenvalue weighted by Gasteiger charge is -2.18. The SMILES string of the molecule is Cc1ccc(Cl)cc1OCCNC(C1CC1)C1CC1. The molecule has 0 aromatic heterocycles. The minimum Gasteiger partial charge on any atom is -0.492 e. The fraction of sp³-hybridized carbons (Fsp3) is 0.625. The average molecular weight is 280 g/mol. The van der Waals surface area contributed by atoms with E-state index in [1.165, 1.54) is 25.7 Å². The zero-order chi connectivity index (χ0) is 13.2. The van der Waals surface area contributed by atoms with Crippen LogP contribution in [0.4, 0.5) is 0 Å². The van der Waals surface area contributed by atoms with Gasteiger partial charge in [-0.25, -0.2) is 0 Å². The molecule has 0 unspecified atom stereocenters. The van der Waals surface area contributed by atoms with Gasteiger partial charge < -0.3 is 10.1 Å². The minimum atomic E-state index is 0.719. The molecule has 1 aromatic carbocycles. The van der Waals surface area contributed by atoms with Crippen molar-refractivity contribution in [2.24, 2.45) is 11.8 Å². The summed E-state index contributed by atoms with van der Waals surface area (Å²) in [5.74, 6) is 2.80.